The van der Waals surface area contributed by atoms with Crippen LogP contribution in [0.15, 0.2) is 39.5 Å². The van der Waals surface area contributed by atoms with Crippen molar-refractivity contribution < 1.29 is 49.6 Å². The average Bonchev–Trinajstić information content (AvgIpc) is 2.74. The van der Waals surface area contributed by atoms with Gasteiger partial charge in [-0.15, -0.1) is 0 Å². The molecule has 170 valence electrons. The maximum absolute atomic E-state index is 12.5. The molecule has 1 unspecified atom stereocenters. The molecular formula is C21H20O11. The van der Waals surface area contributed by atoms with Gasteiger partial charge in [0, 0.05) is 17.7 Å². The molecule has 0 saturated carbocycles. The lowest BCUT2D eigenvalue weighted by Crippen LogP contribution is -2.58. The summed E-state index contributed by atoms with van der Waals surface area (Å²) in [6, 6.07) is 5.65. The lowest BCUT2D eigenvalue weighted by atomic mass is 10.00. The van der Waals surface area contributed by atoms with E-state index in [1.165, 1.54) is 19.1 Å². The molecule has 1 saturated heterocycles. The molecular weight excluding hydrogens is 428 g/mol. The number of hydrogen-bond acceptors (Lipinski definition) is 11. The van der Waals surface area contributed by atoms with Gasteiger partial charge >= 0.3 is 0 Å². The van der Waals surface area contributed by atoms with Crippen LogP contribution in [0, 0.1) is 0 Å². The van der Waals surface area contributed by atoms with Crippen LogP contribution in [0.4, 0.5) is 0 Å². The molecule has 0 amide bonds. The van der Waals surface area contributed by atoms with E-state index in [9.17, 15) is 40.5 Å². The number of phenolic OH excluding ortho intramolecular Hbond substituents is 3. The molecule has 0 spiro atoms. The lowest BCUT2D eigenvalue weighted by Gasteiger charge is -2.38. The number of aromatic hydroxyl groups is 4. The zero-order valence-corrected chi connectivity index (χ0v) is 16.5. The third-order valence-electron chi connectivity index (χ3n) is 5.21. The standard InChI is InChI=1S/C21H20O11/c1-7-15(25)17(27)19(29)21(30-7)32-12-4-8(2-3-10(12)23)20-18(28)16(26)14-11(24)5-9(22)6-13(14)31-20/h2-7,15,17,19,21-25,27-29H,1H3/t7-,15-,17+,19-,21?/m1/s1. The van der Waals surface area contributed by atoms with Crippen molar-refractivity contribution in [2.45, 2.75) is 37.6 Å². The Hall–Kier alpha value is -3.51. The Balaban J connectivity index is 1.76. The summed E-state index contributed by atoms with van der Waals surface area (Å²) >= 11 is 0. The first-order chi connectivity index (χ1) is 15.1. The Kier molecular flexibility index (Phi) is 5.34. The molecule has 3 aromatic rings. The van der Waals surface area contributed by atoms with Gasteiger partial charge in [0.15, 0.2) is 17.3 Å². The lowest BCUT2D eigenvalue weighted by molar-refractivity contribution is -0.268. The van der Waals surface area contributed by atoms with Crippen LogP contribution in [0.25, 0.3) is 22.3 Å². The maximum atomic E-state index is 12.5. The summed E-state index contributed by atoms with van der Waals surface area (Å²) in [5.41, 5.74) is -1.09. The molecule has 1 aromatic heterocycles. The van der Waals surface area contributed by atoms with Gasteiger partial charge in [-0.25, -0.2) is 0 Å². The number of rotatable bonds is 3. The molecule has 0 aliphatic carbocycles. The third kappa shape index (κ3) is 3.56. The van der Waals surface area contributed by atoms with Crippen molar-refractivity contribution in [3.05, 3.63) is 40.6 Å². The number of ether oxygens (including phenoxy) is 2. The second-order valence-corrected chi connectivity index (χ2v) is 7.43. The van der Waals surface area contributed by atoms with Gasteiger partial charge in [-0.2, -0.15) is 0 Å². The first-order valence-corrected chi connectivity index (χ1v) is 9.50. The molecule has 2 aromatic carbocycles. The second-order valence-electron chi connectivity index (χ2n) is 7.43. The molecule has 0 bridgehead atoms. The van der Waals surface area contributed by atoms with Gasteiger partial charge in [0.05, 0.1) is 6.10 Å². The highest BCUT2D eigenvalue weighted by atomic mass is 16.7. The van der Waals surface area contributed by atoms with Crippen LogP contribution in [0.1, 0.15) is 6.92 Å². The van der Waals surface area contributed by atoms with Crippen LogP contribution in [-0.4, -0.2) is 66.5 Å². The van der Waals surface area contributed by atoms with Gasteiger partial charge in [0.2, 0.25) is 17.5 Å². The fourth-order valence-corrected chi connectivity index (χ4v) is 3.46. The molecule has 32 heavy (non-hydrogen) atoms. The molecule has 7 N–H and O–H groups in total. The molecule has 11 nitrogen and oxygen atoms in total. The predicted molar refractivity (Wildman–Crippen MR) is 108 cm³/mol. The third-order valence-corrected chi connectivity index (χ3v) is 5.21. The van der Waals surface area contributed by atoms with Crippen molar-refractivity contribution in [3.8, 4) is 40.1 Å². The number of benzene rings is 2. The first kappa shape index (κ1) is 21.7. The Morgan fingerprint density at radius 1 is 0.906 bits per heavy atom. The topological polar surface area (TPSA) is 190 Å². The van der Waals surface area contributed by atoms with E-state index in [0.29, 0.717) is 0 Å². The van der Waals surface area contributed by atoms with Gasteiger partial charge in [-0.3, -0.25) is 4.79 Å². The summed E-state index contributed by atoms with van der Waals surface area (Å²) in [6.45, 7) is 1.46. The summed E-state index contributed by atoms with van der Waals surface area (Å²) in [7, 11) is 0. The summed E-state index contributed by atoms with van der Waals surface area (Å²) < 4.78 is 16.3. The summed E-state index contributed by atoms with van der Waals surface area (Å²) in [5.74, 6) is -2.77. The molecule has 5 atom stereocenters. The molecule has 11 heteroatoms. The van der Waals surface area contributed by atoms with E-state index >= 15 is 0 Å². The van der Waals surface area contributed by atoms with E-state index in [-0.39, 0.29) is 33.8 Å². The molecule has 1 aliphatic heterocycles. The van der Waals surface area contributed by atoms with Gasteiger partial charge in [-0.1, -0.05) is 0 Å². The quantitative estimate of drug-likeness (QED) is 0.295. The van der Waals surface area contributed by atoms with E-state index in [0.717, 1.165) is 18.2 Å². The maximum Gasteiger partial charge on any atom is 0.238 e. The Morgan fingerprint density at radius 3 is 2.34 bits per heavy atom. The van der Waals surface area contributed by atoms with Gasteiger partial charge in [0.1, 0.15) is 40.8 Å². The average molecular weight is 448 g/mol. The van der Waals surface area contributed by atoms with Crippen molar-refractivity contribution in [3.63, 3.8) is 0 Å². The molecule has 1 aliphatic rings. The Bertz CT molecular complexity index is 1230. The van der Waals surface area contributed by atoms with Gasteiger partial charge in [-0.05, 0) is 25.1 Å². The Labute approximate surface area is 179 Å². The van der Waals surface area contributed by atoms with E-state index in [1.807, 2.05) is 0 Å². The molecule has 0 radical (unpaired) electrons. The van der Waals surface area contributed by atoms with Crippen LogP contribution >= 0.6 is 0 Å². The second kappa shape index (κ2) is 7.88. The minimum atomic E-state index is -1.64. The minimum absolute atomic E-state index is 0.0658. The van der Waals surface area contributed by atoms with Crippen molar-refractivity contribution in [2.24, 2.45) is 0 Å². The fourth-order valence-electron chi connectivity index (χ4n) is 3.46. The van der Waals surface area contributed by atoms with E-state index < -0.39 is 53.4 Å². The van der Waals surface area contributed by atoms with Gasteiger partial charge < -0.3 is 49.6 Å². The zero-order chi connectivity index (χ0) is 23.3. The number of aliphatic hydroxyl groups excluding tert-OH is 3. The predicted octanol–water partition coefficient (Wildman–Crippen LogP) is 0.489. The number of aliphatic hydroxyl groups is 3. The van der Waals surface area contributed by atoms with Crippen molar-refractivity contribution in [2.75, 3.05) is 0 Å². The number of hydrogen-bond donors (Lipinski definition) is 7. The summed E-state index contributed by atoms with van der Waals surface area (Å²) in [4.78, 5) is 12.5. The van der Waals surface area contributed by atoms with Crippen LogP contribution < -0.4 is 10.2 Å². The van der Waals surface area contributed by atoms with E-state index in [2.05, 4.69) is 0 Å². The van der Waals surface area contributed by atoms with Crippen LogP contribution in [0.5, 0.6) is 28.7 Å². The van der Waals surface area contributed by atoms with Crippen molar-refractivity contribution in [1.82, 2.24) is 0 Å². The van der Waals surface area contributed by atoms with Crippen molar-refractivity contribution >= 4 is 11.0 Å². The fraction of sp³-hybridized carbons (Fsp3) is 0.286. The zero-order valence-electron chi connectivity index (χ0n) is 16.5. The van der Waals surface area contributed by atoms with Crippen LogP contribution in [-0.2, 0) is 4.74 Å². The molecule has 4 rings (SSSR count). The first-order valence-electron chi connectivity index (χ1n) is 9.50. The number of phenols is 3. The minimum Gasteiger partial charge on any atom is -0.508 e. The highest BCUT2D eigenvalue weighted by molar-refractivity contribution is 5.88. The molecule has 2 heterocycles. The SMILES string of the molecule is C[C@H]1OC(Oc2cc(-c3oc4cc(O)cc(O)c4c(=O)c3O)ccc2O)[C@H](O)[C@@H](O)[C@@H]1O. The highest BCUT2D eigenvalue weighted by Crippen LogP contribution is 2.39. The van der Waals surface area contributed by atoms with Crippen LogP contribution in [0.3, 0.4) is 0 Å². The van der Waals surface area contributed by atoms with Gasteiger partial charge in [0.25, 0.3) is 0 Å². The summed E-state index contributed by atoms with van der Waals surface area (Å²) in [5, 5.41) is 69.6. The summed E-state index contributed by atoms with van der Waals surface area (Å²) in [6.07, 6.45) is -6.87. The Morgan fingerprint density at radius 2 is 1.62 bits per heavy atom. The largest absolute Gasteiger partial charge is 0.508 e. The van der Waals surface area contributed by atoms with E-state index in [4.69, 9.17) is 13.9 Å². The number of fused-ring (bicyclic) bond motifs is 1. The van der Waals surface area contributed by atoms with Crippen molar-refractivity contribution in [1.29, 1.82) is 0 Å². The highest BCUT2D eigenvalue weighted by Gasteiger charge is 2.43. The molecule has 1 fully saturated rings. The van der Waals surface area contributed by atoms with E-state index in [1.54, 1.807) is 0 Å². The monoisotopic (exact) mass is 448 g/mol. The normalized spacial score (nSPS) is 25.7. The smallest absolute Gasteiger partial charge is 0.238 e. The van der Waals surface area contributed by atoms with Crippen LogP contribution in [0.2, 0.25) is 0 Å².